The molecule has 1 heterocycles. The highest BCUT2D eigenvalue weighted by atomic mass is 16.5. The lowest BCUT2D eigenvalue weighted by Gasteiger charge is -2.10. The van der Waals surface area contributed by atoms with Crippen LogP contribution in [0.3, 0.4) is 0 Å². The molecule has 1 aromatic heterocycles. The number of ether oxygens (including phenoxy) is 1. The summed E-state index contributed by atoms with van der Waals surface area (Å²) in [4.78, 5) is 12.4. The van der Waals surface area contributed by atoms with Crippen LogP contribution in [0, 0.1) is 0 Å². The minimum absolute atomic E-state index is 0.169. The Balaban J connectivity index is 1.75. The van der Waals surface area contributed by atoms with E-state index in [9.17, 15) is 4.79 Å². The van der Waals surface area contributed by atoms with Gasteiger partial charge in [-0.25, -0.2) is 4.68 Å². The first kappa shape index (κ1) is 15.7. The third kappa shape index (κ3) is 3.24. The van der Waals surface area contributed by atoms with E-state index >= 15 is 0 Å². The third-order valence-electron chi connectivity index (χ3n) is 3.64. The summed E-state index contributed by atoms with van der Waals surface area (Å²) < 4.78 is 6.85. The second-order valence-corrected chi connectivity index (χ2v) is 5.20. The van der Waals surface area contributed by atoms with E-state index in [1.165, 1.54) is 0 Å². The minimum Gasteiger partial charge on any atom is -0.496 e. The van der Waals surface area contributed by atoms with Gasteiger partial charge in [-0.05, 0) is 28.6 Å². The van der Waals surface area contributed by atoms with Gasteiger partial charge in [0, 0.05) is 30.3 Å². The van der Waals surface area contributed by atoms with Crippen molar-refractivity contribution in [1.82, 2.24) is 25.5 Å². The molecule has 0 aliphatic rings. The maximum absolute atomic E-state index is 12.4. The molecule has 0 aliphatic carbocycles. The van der Waals surface area contributed by atoms with Gasteiger partial charge in [-0.3, -0.25) is 4.79 Å². The van der Waals surface area contributed by atoms with E-state index in [0.29, 0.717) is 17.9 Å². The summed E-state index contributed by atoms with van der Waals surface area (Å²) in [6, 6.07) is 14.8. The van der Waals surface area contributed by atoms with Crippen molar-refractivity contribution in [2.45, 2.75) is 6.54 Å². The van der Waals surface area contributed by atoms with E-state index in [-0.39, 0.29) is 5.91 Å². The van der Waals surface area contributed by atoms with Crippen LogP contribution < -0.4 is 10.1 Å². The summed E-state index contributed by atoms with van der Waals surface area (Å²) in [6.45, 7) is 0.387. The molecule has 7 heteroatoms. The Labute approximate surface area is 139 Å². The molecule has 1 N–H and O–H groups in total. The summed E-state index contributed by atoms with van der Waals surface area (Å²) in [5.74, 6) is 1.18. The smallest absolute Gasteiger partial charge is 0.251 e. The summed E-state index contributed by atoms with van der Waals surface area (Å²) >= 11 is 0. The van der Waals surface area contributed by atoms with Gasteiger partial charge in [0.25, 0.3) is 5.91 Å². The second-order valence-electron chi connectivity index (χ2n) is 5.20. The first-order valence-electron chi connectivity index (χ1n) is 7.42. The minimum atomic E-state index is -0.169. The highest BCUT2D eigenvalue weighted by Crippen LogP contribution is 2.18. The Bertz CT molecular complexity index is 859. The molecular weight excluding hydrogens is 306 g/mol. The first-order valence-corrected chi connectivity index (χ1v) is 7.42. The quantitative estimate of drug-likeness (QED) is 0.774. The number of aromatic nitrogens is 4. The van der Waals surface area contributed by atoms with Crippen molar-refractivity contribution in [3.8, 4) is 17.1 Å². The van der Waals surface area contributed by atoms with Crippen LogP contribution in [-0.4, -0.2) is 33.2 Å². The Hall–Kier alpha value is -3.22. The number of amides is 1. The summed E-state index contributed by atoms with van der Waals surface area (Å²) in [5, 5.41) is 14.3. The lowest BCUT2D eigenvalue weighted by atomic mass is 10.1. The Morgan fingerprint density at radius 3 is 2.79 bits per heavy atom. The molecule has 0 bridgehead atoms. The molecule has 0 fully saturated rings. The van der Waals surface area contributed by atoms with Crippen LogP contribution in [-0.2, 0) is 13.6 Å². The SMILES string of the molecule is COc1ccccc1CNC(=O)c1cccc(-c2nnnn2C)c1. The molecule has 0 atom stereocenters. The average Bonchev–Trinajstić information content (AvgIpc) is 3.06. The van der Waals surface area contributed by atoms with Gasteiger partial charge in [-0.1, -0.05) is 30.3 Å². The monoisotopic (exact) mass is 323 g/mol. The van der Waals surface area contributed by atoms with Gasteiger partial charge >= 0.3 is 0 Å². The summed E-state index contributed by atoms with van der Waals surface area (Å²) in [6.07, 6.45) is 0. The topological polar surface area (TPSA) is 81.9 Å². The highest BCUT2D eigenvalue weighted by Gasteiger charge is 2.11. The molecule has 24 heavy (non-hydrogen) atoms. The van der Waals surface area contributed by atoms with E-state index in [0.717, 1.165) is 16.9 Å². The molecule has 3 rings (SSSR count). The predicted octanol–water partition coefficient (Wildman–Crippen LogP) is 1.82. The number of nitrogens with zero attached hydrogens (tertiary/aromatic N) is 4. The van der Waals surface area contributed by atoms with Crippen molar-refractivity contribution >= 4 is 5.91 Å². The highest BCUT2D eigenvalue weighted by molar-refractivity contribution is 5.95. The van der Waals surface area contributed by atoms with Crippen LogP contribution in [0.2, 0.25) is 0 Å². The third-order valence-corrected chi connectivity index (χ3v) is 3.64. The molecule has 0 radical (unpaired) electrons. The zero-order chi connectivity index (χ0) is 16.9. The van der Waals surface area contributed by atoms with Crippen LogP contribution in [0.5, 0.6) is 5.75 Å². The fourth-order valence-corrected chi connectivity index (χ4v) is 2.40. The number of rotatable bonds is 5. The van der Waals surface area contributed by atoms with Gasteiger partial charge in [-0.2, -0.15) is 0 Å². The zero-order valence-electron chi connectivity index (χ0n) is 13.4. The van der Waals surface area contributed by atoms with Crippen molar-refractivity contribution < 1.29 is 9.53 Å². The van der Waals surface area contributed by atoms with E-state index in [1.54, 1.807) is 31.0 Å². The van der Waals surface area contributed by atoms with Crippen LogP contribution in [0.15, 0.2) is 48.5 Å². The van der Waals surface area contributed by atoms with E-state index in [1.807, 2.05) is 36.4 Å². The molecule has 0 aliphatic heterocycles. The molecular formula is C17H17N5O2. The standard InChI is InChI=1S/C17H17N5O2/c1-22-16(19-20-21-22)12-7-5-8-13(10-12)17(23)18-11-14-6-3-4-9-15(14)24-2/h3-10H,11H2,1-2H3,(H,18,23). The van der Waals surface area contributed by atoms with Crippen LogP contribution in [0.4, 0.5) is 0 Å². The van der Waals surface area contributed by atoms with Gasteiger partial charge in [0.1, 0.15) is 5.75 Å². The number of benzene rings is 2. The van der Waals surface area contributed by atoms with Crippen LogP contribution in [0.25, 0.3) is 11.4 Å². The van der Waals surface area contributed by atoms with Gasteiger partial charge in [0.15, 0.2) is 5.82 Å². The zero-order valence-corrected chi connectivity index (χ0v) is 13.4. The van der Waals surface area contributed by atoms with Gasteiger partial charge in [0.05, 0.1) is 7.11 Å². The Kier molecular flexibility index (Phi) is 4.51. The summed E-state index contributed by atoms with van der Waals surface area (Å²) in [5.41, 5.74) is 2.25. The molecule has 0 spiro atoms. The number of aryl methyl sites for hydroxylation is 1. The fourth-order valence-electron chi connectivity index (χ4n) is 2.40. The molecule has 0 saturated carbocycles. The number of para-hydroxylation sites is 1. The Morgan fingerprint density at radius 2 is 2.04 bits per heavy atom. The number of nitrogens with one attached hydrogen (secondary N) is 1. The average molecular weight is 323 g/mol. The predicted molar refractivity (Wildman–Crippen MR) is 88.4 cm³/mol. The van der Waals surface area contributed by atoms with E-state index < -0.39 is 0 Å². The Morgan fingerprint density at radius 1 is 1.21 bits per heavy atom. The summed E-state index contributed by atoms with van der Waals surface area (Å²) in [7, 11) is 3.36. The second kappa shape index (κ2) is 6.91. The molecule has 122 valence electrons. The van der Waals surface area contributed by atoms with Gasteiger partial charge in [-0.15, -0.1) is 5.10 Å². The van der Waals surface area contributed by atoms with Crippen molar-refractivity contribution in [1.29, 1.82) is 0 Å². The first-order chi connectivity index (χ1) is 11.7. The van der Waals surface area contributed by atoms with Crippen molar-refractivity contribution in [2.75, 3.05) is 7.11 Å². The van der Waals surface area contributed by atoms with Crippen molar-refractivity contribution in [3.63, 3.8) is 0 Å². The number of hydrogen-bond acceptors (Lipinski definition) is 5. The van der Waals surface area contributed by atoms with Crippen LogP contribution in [0.1, 0.15) is 15.9 Å². The van der Waals surface area contributed by atoms with E-state index in [4.69, 9.17) is 4.74 Å². The van der Waals surface area contributed by atoms with Gasteiger partial charge in [0.2, 0.25) is 0 Å². The molecule has 0 unspecified atom stereocenters. The largest absolute Gasteiger partial charge is 0.496 e. The maximum Gasteiger partial charge on any atom is 0.251 e. The molecule has 7 nitrogen and oxygen atoms in total. The fraction of sp³-hybridized carbons (Fsp3) is 0.176. The maximum atomic E-state index is 12.4. The number of tetrazole rings is 1. The molecule has 1 amide bonds. The van der Waals surface area contributed by atoms with Gasteiger partial charge < -0.3 is 10.1 Å². The molecule has 3 aromatic rings. The van der Waals surface area contributed by atoms with Crippen molar-refractivity contribution in [2.24, 2.45) is 7.05 Å². The van der Waals surface area contributed by atoms with E-state index in [2.05, 4.69) is 20.8 Å². The van der Waals surface area contributed by atoms with Crippen LogP contribution >= 0.6 is 0 Å². The lowest BCUT2D eigenvalue weighted by molar-refractivity contribution is 0.0950. The normalized spacial score (nSPS) is 10.4. The number of hydrogen-bond donors (Lipinski definition) is 1. The number of carbonyl (C=O) groups is 1. The molecule has 2 aromatic carbocycles. The lowest BCUT2D eigenvalue weighted by Crippen LogP contribution is -2.23. The number of methoxy groups -OCH3 is 1. The molecule has 0 saturated heterocycles. The van der Waals surface area contributed by atoms with Crippen molar-refractivity contribution in [3.05, 3.63) is 59.7 Å². The number of carbonyl (C=O) groups excluding carboxylic acids is 1.